The molecule has 0 saturated heterocycles. The average molecular weight is 214 g/mol. The van der Waals surface area contributed by atoms with Crippen molar-refractivity contribution in [2.75, 3.05) is 0 Å². The third-order valence-corrected chi connectivity index (χ3v) is 1.77. The molecule has 0 aromatic carbocycles. The fourth-order valence-electron chi connectivity index (χ4n) is 1.10. The first-order valence-electron chi connectivity index (χ1n) is 5.02. The van der Waals surface area contributed by atoms with Crippen LogP contribution in [-0.4, -0.2) is 15.8 Å². The lowest BCUT2D eigenvalue weighted by Gasteiger charge is -1.93. The van der Waals surface area contributed by atoms with Gasteiger partial charge in [0, 0.05) is 31.2 Å². The highest BCUT2D eigenvalue weighted by molar-refractivity contribution is 5.78. The lowest BCUT2D eigenvalue weighted by Crippen LogP contribution is -1.95. The van der Waals surface area contributed by atoms with E-state index in [1.165, 1.54) is 0 Å². The zero-order valence-electron chi connectivity index (χ0n) is 9.21. The van der Waals surface area contributed by atoms with E-state index in [1.807, 2.05) is 30.3 Å². The smallest absolute Gasteiger partial charge is 0.134 e. The monoisotopic (exact) mass is 214 g/mol. The summed E-state index contributed by atoms with van der Waals surface area (Å²) in [4.78, 5) is 18.2. The zero-order chi connectivity index (χ0) is 11.6. The quantitative estimate of drug-likeness (QED) is 0.770. The summed E-state index contributed by atoms with van der Waals surface area (Å²) in [6, 6.07) is 9.41. The van der Waals surface area contributed by atoms with Gasteiger partial charge >= 0.3 is 0 Å². The summed E-state index contributed by atoms with van der Waals surface area (Å²) in [5.74, 6) is 0.186. The Kier molecular flexibility index (Phi) is 5.48. The first-order valence-corrected chi connectivity index (χ1v) is 5.02. The molecular weight excluding hydrogens is 200 g/mol. The third-order valence-electron chi connectivity index (χ3n) is 1.77. The standard InChI is InChI=1S/C8H9NO.C5H5N/c1-7(10)6-8-2-4-9-5-3-8;1-2-4-6-5-3-1/h2-5H,6H2,1H3;1-5H. The molecule has 16 heavy (non-hydrogen) atoms. The summed E-state index contributed by atoms with van der Waals surface area (Å²) in [6.45, 7) is 1.58. The Hall–Kier alpha value is -2.03. The van der Waals surface area contributed by atoms with Gasteiger partial charge in [0.15, 0.2) is 0 Å². The number of Topliss-reactive ketones (excluding diaryl/α,β-unsaturated/α-hetero) is 1. The minimum Gasteiger partial charge on any atom is -0.300 e. The SMILES string of the molecule is CC(=O)Cc1ccncc1.c1ccncc1. The average Bonchev–Trinajstić information content (AvgIpc) is 2.32. The summed E-state index contributed by atoms with van der Waals surface area (Å²) in [5, 5.41) is 0. The second-order valence-electron chi connectivity index (χ2n) is 3.26. The highest BCUT2D eigenvalue weighted by atomic mass is 16.1. The predicted octanol–water partition coefficient (Wildman–Crippen LogP) is 2.29. The number of hydrogen-bond donors (Lipinski definition) is 0. The van der Waals surface area contributed by atoms with Gasteiger partial charge in [-0.2, -0.15) is 0 Å². The molecule has 0 atom stereocenters. The van der Waals surface area contributed by atoms with Crippen LogP contribution in [0.25, 0.3) is 0 Å². The van der Waals surface area contributed by atoms with Crippen molar-refractivity contribution >= 4 is 5.78 Å². The van der Waals surface area contributed by atoms with Gasteiger partial charge in [-0.1, -0.05) is 6.07 Å². The van der Waals surface area contributed by atoms with E-state index in [4.69, 9.17) is 0 Å². The number of pyridine rings is 2. The van der Waals surface area contributed by atoms with Crippen LogP contribution in [0.15, 0.2) is 55.1 Å². The van der Waals surface area contributed by atoms with E-state index in [2.05, 4.69) is 9.97 Å². The molecule has 0 bridgehead atoms. The van der Waals surface area contributed by atoms with Gasteiger partial charge < -0.3 is 0 Å². The Morgan fingerprint density at radius 2 is 1.56 bits per heavy atom. The van der Waals surface area contributed by atoms with Gasteiger partial charge in [0.25, 0.3) is 0 Å². The molecule has 2 aromatic heterocycles. The molecule has 3 nitrogen and oxygen atoms in total. The Morgan fingerprint density at radius 1 is 1.00 bits per heavy atom. The number of rotatable bonds is 2. The van der Waals surface area contributed by atoms with E-state index < -0.39 is 0 Å². The minimum absolute atomic E-state index is 0.186. The fraction of sp³-hybridized carbons (Fsp3) is 0.154. The molecule has 0 aliphatic heterocycles. The van der Waals surface area contributed by atoms with Crippen molar-refractivity contribution in [3.05, 3.63) is 60.7 Å². The van der Waals surface area contributed by atoms with Crippen LogP contribution in [0.2, 0.25) is 0 Å². The van der Waals surface area contributed by atoms with Gasteiger partial charge in [-0.3, -0.25) is 14.8 Å². The van der Waals surface area contributed by atoms with Crippen molar-refractivity contribution in [2.24, 2.45) is 0 Å². The second-order valence-corrected chi connectivity index (χ2v) is 3.26. The zero-order valence-corrected chi connectivity index (χ0v) is 9.21. The number of ketones is 1. The van der Waals surface area contributed by atoms with Crippen molar-refractivity contribution in [2.45, 2.75) is 13.3 Å². The molecule has 82 valence electrons. The summed E-state index contributed by atoms with van der Waals surface area (Å²) in [5.41, 5.74) is 1.03. The van der Waals surface area contributed by atoms with Crippen LogP contribution < -0.4 is 0 Å². The van der Waals surface area contributed by atoms with E-state index >= 15 is 0 Å². The number of carbonyl (C=O) groups is 1. The van der Waals surface area contributed by atoms with E-state index in [0.717, 1.165) is 5.56 Å². The fourth-order valence-corrected chi connectivity index (χ4v) is 1.10. The Morgan fingerprint density at radius 3 is 1.94 bits per heavy atom. The van der Waals surface area contributed by atoms with Crippen LogP contribution in [-0.2, 0) is 11.2 Å². The van der Waals surface area contributed by atoms with E-state index in [1.54, 1.807) is 31.7 Å². The molecule has 0 radical (unpaired) electrons. The Labute approximate surface area is 95.2 Å². The van der Waals surface area contributed by atoms with Crippen molar-refractivity contribution in [3.63, 3.8) is 0 Å². The number of carbonyl (C=O) groups excluding carboxylic acids is 1. The largest absolute Gasteiger partial charge is 0.300 e. The summed E-state index contributed by atoms with van der Waals surface area (Å²) < 4.78 is 0. The Balaban J connectivity index is 0.000000181. The van der Waals surface area contributed by atoms with Gasteiger partial charge in [0.2, 0.25) is 0 Å². The van der Waals surface area contributed by atoms with Gasteiger partial charge in [-0.05, 0) is 36.8 Å². The topological polar surface area (TPSA) is 42.9 Å². The molecule has 2 rings (SSSR count). The van der Waals surface area contributed by atoms with Gasteiger partial charge in [0.05, 0.1) is 0 Å². The van der Waals surface area contributed by atoms with Crippen LogP contribution in [0.3, 0.4) is 0 Å². The van der Waals surface area contributed by atoms with Crippen LogP contribution in [0.1, 0.15) is 12.5 Å². The molecule has 2 aromatic rings. The molecular formula is C13H14N2O. The predicted molar refractivity (Wildman–Crippen MR) is 62.9 cm³/mol. The lowest BCUT2D eigenvalue weighted by atomic mass is 10.1. The molecule has 0 unspecified atom stereocenters. The molecule has 3 heteroatoms. The summed E-state index contributed by atoms with van der Waals surface area (Å²) in [6.07, 6.45) is 7.40. The number of hydrogen-bond acceptors (Lipinski definition) is 3. The van der Waals surface area contributed by atoms with Crippen LogP contribution >= 0.6 is 0 Å². The molecule has 0 aliphatic carbocycles. The highest BCUT2D eigenvalue weighted by Gasteiger charge is 1.94. The first-order chi connectivity index (χ1) is 7.79. The maximum absolute atomic E-state index is 10.6. The van der Waals surface area contributed by atoms with Gasteiger partial charge in [-0.15, -0.1) is 0 Å². The van der Waals surface area contributed by atoms with Gasteiger partial charge in [-0.25, -0.2) is 0 Å². The number of nitrogens with zero attached hydrogens (tertiary/aromatic N) is 2. The van der Waals surface area contributed by atoms with E-state index in [-0.39, 0.29) is 5.78 Å². The highest BCUT2D eigenvalue weighted by Crippen LogP contribution is 1.96. The lowest BCUT2D eigenvalue weighted by molar-refractivity contribution is -0.116. The molecule has 0 fully saturated rings. The van der Waals surface area contributed by atoms with E-state index in [9.17, 15) is 4.79 Å². The second kappa shape index (κ2) is 7.29. The molecule has 0 amide bonds. The third kappa shape index (κ3) is 5.65. The van der Waals surface area contributed by atoms with Crippen molar-refractivity contribution in [1.82, 2.24) is 9.97 Å². The van der Waals surface area contributed by atoms with Crippen molar-refractivity contribution in [3.8, 4) is 0 Å². The molecule has 2 heterocycles. The van der Waals surface area contributed by atoms with E-state index in [0.29, 0.717) is 6.42 Å². The summed E-state index contributed by atoms with van der Waals surface area (Å²) >= 11 is 0. The molecule has 0 saturated carbocycles. The molecule has 0 aliphatic rings. The number of aromatic nitrogens is 2. The first kappa shape index (κ1) is 12.0. The maximum atomic E-state index is 10.6. The van der Waals surface area contributed by atoms with Crippen LogP contribution in [0.5, 0.6) is 0 Å². The van der Waals surface area contributed by atoms with Crippen molar-refractivity contribution in [1.29, 1.82) is 0 Å². The normalized spacial score (nSPS) is 8.81. The summed E-state index contributed by atoms with van der Waals surface area (Å²) in [7, 11) is 0. The van der Waals surface area contributed by atoms with Crippen LogP contribution in [0.4, 0.5) is 0 Å². The molecule has 0 N–H and O–H groups in total. The van der Waals surface area contributed by atoms with Crippen molar-refractivity contribution < 1.29 is 4.79 Å². The Bertz CT molecular complexity index is 374. The molecule has 0 spiro atoms. The van der Waals surface area contributed by atoms with Gasteiger partial charge in [0.1, 0.15) is 5.78 Å². The maximum Gasteiger partial charge on any atom is 0.134 e. The van der Waals surface area contributed by atoms with Crippen LogP contribution in [0, 0.1) is 0 Å². The minimum atomic E-state index is 0.186.